The molecule has 0 spiro atoms. The molecule has 5 nitrogen and oxygen atoms in total. The highest BCUT2D eigenvalue weighted by molar-refractivity contribution is 8.19. The highest BCUT2D eigenvalue weighted by Gasteiger charge is 2.35. The van der Waals surface area contributed by atoms with E-state index in [4.69, 9.17) is 26.1 Å². The Morgan fingerprint density at radius 2 is 1.69 bits per heavy atom. The maximum atomic E-state index is 13.6. The maximum Gasteiger partial charge on any atom is 0.271 e. The molecule has 1 amide bonds. The maximum absolute atomic E-state index is 13.6. The van der Waals surface area contributed by atoms with Crippen LogP contribution in [0, 0.1) is 13.8 Å². The van der Waals surface area contributed by atoms with Crippen molar-refractivity contribution >= 4 is 51.9 Å². The van der Waals surface area contributed by atoms with Crippen LogP contribution in [0.4, 0.5) is 11.4 Å². The summed E-state index contributed by atoms with van der Waals surface area (Å²) < 4.78 is 11.5. The number of hydrogen-bond donors (Lipinski definition) is 0. The van der Waals surface area contributed by atoms with Gasteiger partial charge in [0.15, 0.2) is 16.7 Å². The summed E-state index contributed by atoms with van der Waals surface area (Å²) in [5.74, 6) is 0.808. The van der Waals surface area contributed by atoms with E-state index in [2.05, 4.69) is 6.58 Å². The van der Waals surface area contributed by atoms with Crippen LogP contribution in [0.25, 0.3) is 6.08 Å². The van der Waals surface area contributed by atoms with Gasteiger partial charge < -0.3 is 9.47 Å². The summed E-state index contributed by atoms with van der Waals surface area (Å²) in [6.07, 6.45) is 3.45. The van der Waals surface area contributed by atoms with Gasteiger partial charge in [0.1, 0.15) is 6.61 Å². The second kappa shape index (κ2) is 11.5. The highest BCUT2D eigenvalue weighted by atomic mass is 35.5. The second-order valence-electron chi connectivity index (χ2n) is 8.18. The average molecular weight is 519 g/mol. The van der Waals surface area contributed by atoms with E-state index in [-0.39, 0.29) is 5.91 Å². The molecule has 0 aromatic heterocycles. The Balaban J connectivity index is 1.75. The molecule has 0 saturated carbocycles. The quantitative estimate of drug-likeness (QED) is 0.226. The highest BCUT2D eigenvalue weighted by Crippen LogP contribution is 2.40. The lowest BCUT2D eigenvalue weighted by molar-refractivity contribution is -0.113. The van der Waals surface area contributed by atoms with Crippen LogP contribution in [0.2, 0.25) is 5.02 Å². The fourth-order valence-corrected chi connectivity index (χ4v) is 4.84. The molecule has 0 atom stereocenters. The number of aryl methyl sites for hydroxylation is 2. The van der Waals surface area contributed by atoms with Crippen molar-refractivity contribution in [3.8, 4) is 11.5 Å². The van der Waals surface area contributed by atoms with Gasteiger partial charge in [0.2, 0.25) is 0 Å². The summed E-state index contributed by atoms with van der Waals surface area (Å²) in [4.78, 5) is 20.6. The molecule has 3 aromatic rings. The van der Waals surface area contributed by atoms with E-state index in [1.54, 1.807) is 23.1 Å². The summed E-state index contributed by atoms with van der Waals surface area (Å²) in [6, 6.07) is 19.3. The molecule has 184 valence electrons. The number of amidine groups is 1. The van der Waals surface area contributed by atoms with Gasteiger partial charge in [-0.25, -0.2) is 4.99 Å². The number of carbonyl (C=O) groups excluding carboxylic acids is 1. The minimum absolute atomic E-state index is 0.157. The molecule has 0 radical (unpaired) electrons. The fraction of sp³-hybridized carbons (Fsp3) is 0.172. The minimum Gasteiger partial charge on any atom is -0.490 e. The van der Waals surface area contributed by atoms with Crippen LogP contribution < -0.4 is 14.4 Å². The second-order valence-corrected chi connectivity index (χ2v) is 9.60. The fourth-order valence-electron chi connectivity index (χ4n) is 3.57. The number of carbonyl (C=O) groups is 1. The number of rotatable bonds is 8. The van der Waals surface area contributed by atoms with E-state index >= 15 is 0 Å². The lowest BCUT2D eigenvalue weighted by Crippen LogP contribution is -2.28. The Bertz CT molecular complexity index is 1330. The first kappa shape index (κ1) is 25.6. The number of amides is 1. The number of anilines is 1. The normalized spacial score (nSPS) is 15.6. The van der Waals surface area contributed by atoms with Gasteiger partial charge in [-0.05, 0) is 80.6 Å². The van der Waals surface area contributed by atoms with Gasteiger partial charge in [0, 0.05) is 0 Å². The van der Waals surface area contributed by atoms with Crippen LogP contribution in [0.3, 0.4) is 0 Å². The van der Waals surface area contributed by atoms with Crippen LogP contribution in [0.5, 0.6) is 11.5 Å². The number of aliphatic imine (C=N–C) groups is 1. The largest absolute Gasteiger partial charge is 0.490 e. The van der Waals surface area contributed by atoms with Crippen LogP contribution in [0.15, 0.2) is 83.2 Å². The van der Waals surface area contributed by atoms with E-state index in [1.165, 1.54) is 11.8 Å². The standard InChI is InChI=1S/C29H27ClN2O3S/c1-5-15-35-27-24(30)16-21(17-25(27)34-6-2)18-26-28(33)32(23-13-9-20(4)10-14-23)29(36-26)31-22-11-7-19(3)8-12-22/h5,7-14,16-18H,1,6,15H2,2-4H3/b26-18-,31-29?. The van der Waals surface area contributed by atoms with E-state index in [0.717, 1.165) is 28.1 Å². The topological polar surface area (TPSA) is 51.1 Å². The number of thioether (sulfide) groups is 1. The molecule has 0 aliphatic carbocycles. The smallest absolute Gasteiger partial charge is 0.271 e. The first-order chi connectivity index (χ1) is 17.4. The molecule has 7 heteroatoms. The number of hydrogen-bond acceptors (Lipinski definition) is 5. The molecule has 1 aliphatic rings. The number of nitrogens with zero attached hydrogens (tertiary/aromatic N) is 2. The molecule has 0 unspecified atom stereocenters. The Morgan fingerprint density at radius 3 is 2.33 bits per heavy atom. The van der Waals surface area contributed by atoms with Gasteiger partial charge in [-0.2, -0.15) is 0 Å². The summed E-state index contributed by atoms with van der Waals surface area (Å²) in [7, 11) is 0. The molecule has 36 heavy (non-hydrogen) atoms. The van der Waals surface area contributed by atoms with Crippen molar-refractivity contribution in [2.45, 2.75) is 20.8 Å². The van der Waals surface area contributed by atoms with E-state index in [0.29, 0.717) is 39.8 Å². The van der Waals surface area contributed by atoms with Crippen molar-refractivity contribution in [1.29, 1.82) is 0 Å². The third kappa shape index (κ3) is 5.83. The molecule has 0 N–H and O–H groups in total. The zero-order valence-corrected chi connectivity index (χ0v) is 22.0. The van der Waals surface area contributed by atoms with Crippen molar-refractivity contribution in [2.75, 3.05) is 18.1 Å². The minimum atomic E-state index is -0.157. The number of benzene rings is 3. The Hall–Kier alpha value is -3.48. The third-order valence-electron chi connectivity index (χ3n) is 5.33. The Kier molecular flexibility index (Phi) is 8.18. The predicted molar refractivity (Wildman–Crippen MR) is 151 cm³/mol. The predicted octanol–water partition coefficient (Wildman–Crippen LogP) is 7.73. The van der Waals surface area contributed by atoms with Crippen LogP contribution >= 0.6 is 23.4 Å². The zero-order valence-electron chi connectivity index (χ0n) is 20.5. The summed E-state index contributed by atoms with van der Waals surface area (Å²) in [5, 5.41) is 0.982. The molecule has 1 heterocycles. The Labute approximate surface area is 221 Å². The molecular weight excluding hydrogens is 492 g/mol. The third-order valence-corrected chi connectivity index (χ3v) is 6.58. The molecule has 1 saturated heterocycles. The van der Waals surface area contributed by atoms with Crippen molar-refractivity contribution in [2.24, 2.45) is 4.99 Å². The van der Waals surface area contributed by atoms with E-state index in [1.807, 2.05) is 75.4 Å². The lowest BCUT2D eigenvalue weighted by atomic mass is 10.1. The summed E-state index contributed by atoms with van der Waals surface area (Å²) >= 11 is 7.84. The van der Waals surface area contributed by atoms with Crippen LogP contribution in [-0.4, -0.2) is 24.3 Å². The number of halogens is 1. The van der Waals surface area contributed by atoms with Crippen molar-refractivity contribution < 1.29 is 14.3 Å². The van der Waals surface area contributed by atoms with E-state index in [9.17, 15) is 4.79 Å². The van der Waals surface area contributed by atoms with Gasteiger partial charge in [0.25, 0.3) is 5.91 Å². The lowest BCUT2D eigenvalue weighted by Gasteiger charge is -2.16. The SMILES string of the molecule is C=CCOc1c(Cl)cc(/C=C2\SC(=Nc3ccc(C)cc3)N(c3ccc(C)cc3)C2=O)cc1OCC. The molecular formula is C29H27ClN2O3S. The van der Waals surface area contributed by atoms with Gasteiger partial charge in [0.05, 0.1) is 27.9 Å². The molecule has 3 aromatic carbocycles. The molecule has 1 fully saturated rings. The molecule has 4 rings (SSSR count). The van der Waals surface area contributed by atoms with Crippen molar-refractivity contribution in [1.82, 2.24) is 0 Å². The first-order valence-electron chi connectivity index (χ1n) is 11.6. The Morgan fingerprint density at radius 1 is 1.03 bits per heavy atom. The summed E-state index contributed by atoms with van der Waals surface area (Å²) in [5.41, 5.74) is 4.52. The molecule has 1 aliphatic heterocycles. The number of ether oxygens (including phenoxy) is 2. The molecule has 0 bridgehead atoms. The van der Waals surface area contributed by atoms with Gasteiger partial charge in [-0.15, -0.1) is 0 Å². The van der Waals surface area contributed by atoms with Gasteiger partial charge >= 0.3 is 0 Å². The van der Waals surface area contributed by atoms with E-state index < -0.39 is 0 Å². The van der Waals surface area contributed by atoms with Crippen LogP contribution in [0.1, 0.15) is 23.6 Å². The van der Waals surface area contributed by atoms with Gasteiger partial charge in [-0.3, -0.25) is 9.69 Å². The average Bonchev–Trinajstić information content (AvgIpc) is 3.15. The van der Waals surface area contributed by atoms with Crippen molar-refractivity contribution in [3.63, 3.8) is 0 Å². The monoisotopic (exact) mass is 518 g/mol. The zero-order chi connectivity index (χ0) is 25.7. The van der Waals surface area contributed by atoms with Crippen molar-refractivity contribution in [3.05, 3.63) is 99.9 Å². The first-order valence-corrected chi connectivity index (χ1v) is 12.7. The van der Waals surface area contributed by atoms with Gasteiger partial charge in [-0.1, -0.05) is 59.6 Å². The summed E-state index contributed by atoms with van der Waals surface area (Å²) in [6.45, 7) is 10.4. The van der Waals surface area contributed by atoms with Crippen LogP contribution in [-0.2, 0) is 4.79 Å².